The number of carboxylic acid groups (broad SMARTS) is 1. The first-order chi connectivity index (χ1) is 12.6. The highest BCUT2D eigenvalue weighted by Crippen LogP contribution is 2.31. The van der Waals surface area contributed by atoms with E-state index in [0.717, 1.165) is 18.5 Å². The van der Waals surface area contributed by atoms with Crippen LogP contribution >= 0.6 is 0 Å². The molecule has 0 bridgehead atoms. The predicted molar refractivity (Wildman–Crippen MR) is 98.8 cm³/mol. The normalized spacial score (nSPS) is 20.0. The van der Waals surface area contributed by atoms with E-state index >= 15 is 0 Å². The largest absolute Gasteiger partial charge is 0.481 e. The van der Waals surface area contributed by atoms with Crippen LogP contribution in [0.15, 0.2) is 64.8 Å². The highest BCUT2D eigenvalue weighted by atomic mass is 16.4. The molecule has 0 spiro atoms. The third-order valence-electron chi connectivity index (χ3n) is 4.59. The van der Waals surface area contributed by atoms with Gasteiger partial charge in [-0.2, -0.15) is 10.2 Å². The number of amides is 1. The lowest BCUT2D eigenvalue weighted by molar-refractivity contribution is -0.147. The summed E-state index contributed by atoms with van der Waals surface area (Å²) in [5.41, 5.74) is 2.07. The zero-order chi connectivity index (χ0) is 18.4. The van der Waals surface area contributed by atoms with Gasteiger partial charge in [-0.1, -0.05) is 31.0 Å². The van der Waals surface area contributed by atoms with Crippen LogP contribution in [0.5, 0.6) is 0 Å². The fourth-order valence-corrected chi connectivity index (χ4v) is 3.20. The third kappa shape index (κ3) is 4.53. The lowest BCUT2D eigenvalue weighted by Gasteiger charge is -2.27. The van der Waals surface area contributed by atoms with Crippen LogP contribution in [-0.4, -0.2) is 17.0 Å². The van der Waals surface area contributed by atoms with E-state index in [9.17, 15) is 14.7 Å². The SMILES string of the molecule is O=C(O)[C@H]1CCCC[C@@H]1C(=O)Nc1ccc(N=Nc2ccccc2)cc1. The summed E-state index contributed by atoms with van der Waals surface area (Å²) >= 11 is 0. The first-order valence-electron chi connectivity index (χ1n) is 8.74. The van der Waals surface area contributed by atoms with Crippen LogP contribution in [-0.2, 0) is 9.59 Å². The maximum atomic E-state index is 12.5. The van der Waals surface area contributed by atoms with E-state index in [1.807, 2.05) is 30.3 Å². The molecule has 26 heavy (non-hydrogen) atoms. The van der Waals surface area contributed by atoms with Crippen LogP contribution in [0.3, 0.4) is 0 Å². The molecule has 0 unspecified atom stereocenters. The fourth-order valence-electron chi connectivity index (χ4n) is 3.20. The molecular formula is C20H21N3O3. The third-order valence-corrected chi connectivity index (χ3v) is 4.59. The van der Waals surface area contributed by atoms with Gasteiger partial charge in [0.1, 0.15) is 0 Å². The van der Waals surface area contributed by atoms with E-state index in [0.29, 0.717) is 24.2 Å². The van der Waals surface area contributed by atoms with Gasteiger partial charge in [-0.05, 0) is 49.2 Å². The second kappa shape index (κ2) is 8.38. The maximum absolute atomic E-state index is 12.5. The molecule has 1 fully saturated rings. The Kier molecular flexibility index (Phi) is 5.73. The molecule has 0 aliphatic heterocycles. The Hall–Kier alpha value is -3.02. The zero-order valence-electron chi connectivity index (χ0n) is 14.3. The van der Waals surface area contributed by atoms with Crippen molar-refractivity contribution in [3.63, 3.8) is 0 Å². The molecule has 1 saturated carbocycles. The summed E-state index contributed by atoms with van der Waals surface area (Å²) in [5.74, 6) is -2.18. The number of carbonyl (C=O) groups is 2. The molecule has 0 saturated heterocycles. The molecule has 0 radical (unpaired) electrons. The van der Waals surface area contributed by atoms with E-state index in [2.05, 4.69) is 15.5 Å². The van der Waals surface area contributed by atoms with Gasteiger partial charge in [0.25, 0.3) is 0 Å². The molecule has 0 heterocycles. The lowest BCUT2D eigenvalue weighted by atomic mass is 9.78. The Morgan fingerprint density at radius 1 is 0.846 bits per heavy atom. The summed E-state index contributed by atoms with van der Waals surface area (Å²) in [6.45, 7) is 0. The minimum atomic E-state index is -0.887. The van der Waals surface area contributed by atoms with Gasteiger partial charge in [0.15, 0.2) is 0 Å². The number of carboxylic acids is 1. The monoisotopic (exact) mass is 351 g/mol. The van der Waals surface area contributed by atoms with Gasteiger partial charge in [-0.25, -0.2) is 0 Å². The molecule has 0 aromatic heterocycles. The number of anilines is 1. The van der Waals surface area contributed by atoms with Gasteiger partial charge >= 0.3 is 5.97 Å². The summed E-state index contributed by atoms with van der Waals surface area (Å²) < 4.78 is 0. The van der Waals surface area contributed by atoms with Crippen molar-refractivity contribution in [1.82, 2.24) is 0 Å². The van der Waals surface area contributed by atoms with Gasteiger partial charge in [0.2, 0.25) is 5.91 Å². The van der Waals surface area contributed by atoms with Crippen LogP contribution in [0.1, 0.15) is 25.7 Å². The summed E-state index contributed by atoms with van der Waals surface area (Å²) in [7, 11) is 0. The van der Waals surface area contributed by atoms with Crippen LogP contribution in [0.2, 0.25) is 0 Å². The highest BCUT2D eigenvalue weighted by molar-refractivity contribution is 5.95. The van der Waals surface area contributed by atoms with Crippen LogP contribution in [0.4, 0.5) is 17.1 Å². The Morgan fingerprint density at radius 2 is 1.42 bits per heavy atom. The van der Waals surface area contributed by atoms with Crippen molar-refractivity contribution >= 4 is 28.9 Å². The first-order valence-corrected chi connectivity index (χ1v) is 8.74. The number of hydrogen-bond acceptors (Lipinski definition) is 4. The predicted octanol–water partition coefficient (Wildman–Crippen LogP) is 4.93. The molecule has 1 aliphatic carbocycles. The molecule has 1 aliphatic rings. The number of aliphatic carboxylic acids is 1. The molecule has 2 atom stereocenters. The number of azo groups is 1. The topological polar surface area (TPSA) is 91.1 Å². The molecule has 6 heteroatoms. The van der Waals surface area contributed by atoms with Gasteiger partial charge in [0, 0.05) is 5.69 Å². The van der Waals surface area contributed by atoms with Gasteiger partial charge in [-0.3, -0.25) is 9.59 Å². The van der Waals surface area contributed by atoms with Crippen molar-refractivity contribution in [3.05, 3.63) is 54.6 Å². The van der Waals surface area contributed by atoms with Crippen LogP contribution in [0, 0.1) is 11.8 Å². The van der Waals surface area contributed by atoms with Gasteiger partial charge < -0.3 is 10.4 Å². The quantitative estimate of drug-likeness (QED) is 0.748. The zero-order valence-corrected chi connectivity index (χ0v) is 14.3. The molecule has 2 aromatic carbocycles. The molecule has 3 rings (SSSR count). The lowest BCUT2D eigenvalue weighted by Crippen LogP contribution is -2.36. The smallest absolute Gasteiger partial charge is 0.307 e. The highest BCUT2D eigenvalue weighted by Gasteiger charge is 2.35. The van der Waals surface area contributed by atoms with Crippen LogP contribution < -0.4 is 5.32 Å². The number of carbonyl (C=O) groups excluding carboxylic acids is 1. The minimum absolute atomic E-state index is 0.226. The Labute approximate surface area is 152 Å². The number of rotatable bonds is 5. The molecule has 2 N–H and O–H groups in total. The molecule has 1 amide bonds. The number of benzene rings is 2. The van der Waals surface area contributed by atoms with Gasteiger partial charge in [0.05, 0.1) is 23.2 Å². The van der Waals surface area contributed by atoms with Crippen molar-refractivity contribution in [3.8, 4) is 0 Å². The summed E-state index contributed by atoms with van der Waals surface area (Å²) in [4.78, 5) is 23.8. The molecule has 134 valence electrons. The van der Waals surface area contributed by atoms with Crippen molar-refractivity contribution in [2.24, 2.45) is 22.1 Å². The second-order valence-corrected chi connectivity index (χ2v) is 6.41. The van der Waals surface area contributed by atoms with Crippen molar-refractivity contribution in [2.45, 2.75) is 25.7 Å². The van der Waals surface area contributed by atoms with Crippen molar-refractivity contribution in [2.75, 3.05) is 5.32 Å². The first kappa shape index (κ1) is 17.8. The van der Waals surface area contributed by atoms with E-state index in [1.165, 1.54) is 0 Å². The maximum Gasteiger partial charge on any atom is 0.307 e. The Morgan fingerprint density at radius 3 is 2.04 bits per heavy atom. The van der Waals surface area contributed by atoms with Crippen LogP contribution in [0.25, 0.3) is 0 Å². The summed E-state index contributed by atoms with van der Waals surface area (Å²) in [5, 5.41) is 20.4. The van der Waals surface area contributed by atoms with Crippen molar-refractivity contribution in [1.29, 1.82) is 0 Å². The number of nitrogens with zero attached hydrogens (tertiary/aromatic N) is 2. The Bertz CT molecular complexity index is 788. The average molecular weight is 351 g/mol. The standard InChI is InChI=1S/C20H21N3O3/c24-19(17-8-4-5-9-18(17)20(25)26)21-14-10-12-16(13-11-14)23-22-15-6-2-1-3-7-15/h1-3,6-7,10-13,17-18H,4-5,8-9H2,(H,21,24)(H,25,26)/t17-,18-/m0/s1. The molecular weight excluding hydrogens is 330 g/mol. The Balaban J connectivity index is 1.62. The molecule has 6 nitrogen and oxygen atoms in total. The van der Waals surface area contributed by atoms with Gasteiger partial charge in [-0.15, -0.1) is 0 Å². The summed E-state index contributed by atoms with van der Waals surface area (Å²) in [6, 6.07) is 16.4. The fraction of sp³-hybridized carbons (Fsp3) is 0.300. The second-order valence-electron chi connectivity index (χ2n) is 6.41. The minimum Gasteiger partial charge on any atom is -0.481 e. The molecule has 2 aromatic rings. The van der Waals surface area contributed by atoms with E-state index in [4.69, 9.17) is 0 Å². The van der Waals surface area contributed by atoms with E-state index in [1.54, 1.807) is 24.3 Å². The summed E-state index contributed by atoms with van der Waals surface area (Å²) in [6.07, 6.45) is 2.93. The van der Waals surface area contributed by atoms with E-state index in [-0.39, 0.29) is 5.91 Å². The van der Waals surface area contributed by atoms with E-state index < -0.39 is 17.8 Å². The average Bonchev–Trinajstić information content (AvgIpc) is 2.68. The number of hydrogen-bond donors (Lipinski definition) is 2. The number of nitrogens with one attached hydrogen (secondary N) is 1. The van der Waals surface area contributed by atoms with Crippen molar-refractivity contribution < 1.29 is 14.7 Å².